The van der Waals surface area contributed by atoms with E-state index in [-0.39, 0.29) is 11.8 Å². The van der Waals surface area contributed by atoms with E-state index >= 15 is 0 Å². The molecule has 1 aliphatic rings. The lowest BCUT2D eigenvalue weighted by atomic mass is 9.82. The summed E-state index contributed by atoms with van der Waals surface area (Å²) in [5.41, 5.74) is 3.22. The summed E-state index contributed by atoms with van der Waals surface area (Å²) in [7, 11) is 1.79. The van der Waals surface area contributed by atoms with Crippen molar-refractivity contribution in [1.82, 2.24) is 20.0 Å². The molecule has 1 unspecified atom stereocenters. The number of aromatic nitrogens is 3. The minimum Gasteiger partial charge on any atom is -0.337 e. The summed E-state index contributed by atoms with van der Waals surface area (Å²) in [6.07, 6.45) is 6.33. The van der Waals surface area contributed by atoms with E-state index < -0.39 is 0 Å². The van der Waals surface area contributed by atoms with Gasteiger partial charge in [-0.2, -0.15) is 4.98 Å². The fourth-order valence-corrected chi connectivity index (χ4v) is 3.49. The highest BCUT2D eigenvalue weighted by atomic mass is 16.5. The van der Waals surface area contributed by atoms with Crippen LogP contribution in [0.2, 0.25) is 0 Å². The third-order valence-electron chi connectivity index (χ3n) is 4.80. The topological polar surface area (TPSA) is 72.1 Å². The Morgan fingerprint density at radius 1 is 1.27 bits per heavy atom. The Labute approximate surface area is 151 Å². The summed E-state index contributed by atoms with van der Waals surface area (Å²) in [6, 6.07) is 11.9. The first kappa shape index (κ1) is 16.4. The third-order valence-corrected chi connectivity index (χ3v) is 4.80. The number of nitrogens with zero attached hydrogens (tertiary/aromatic N) is 4. The minimum atomic E-state index is -0.0920. The summed E-state index contributed by atoms with van der Waals surface area (Å²) in [4.78, 5) is 23.1. The molecule has 26 heavy (non-hydrogen) atoms. The zero-order chi connectivity index (χ0) is 17.9. The molecule has 6 heteroatoms. The Kier molecular flexibility index (Phi) is 4.48. The predicted octanol–water partition coefficient (Wildman–Crippen LogP) is 3.21. The van der Waals surface area contributed by atoms with Gasteiger partial charge in [0.25, 0.3) is 0 Å². The fourth-order valence-electron chi connectivity index (χ4n) is 3.49. The van der Waals surface area contributed by atoms with Crippen LogP contribution in [0.4, 0.5) is 0 Å². The molecule has 1 atom stereocenters. The number of carbonyl (C=O) groups excluding carboxylic acids is 1. The van der Waals surface area contributed by atoms with E-state index in [9.17, 15) is 4.79 Å². The molecule has 132 valence electrons. The van der Waals surface area contributed by atoms with Gasteiger partial charge in [0, 0.05) is 25.0 Å². The van der Waals surface area contributed by atoms with Gasteiger partial charge in [-0.1, -0.05) is 29.4 Å². The van der Waals surface area contributed by atoms with Gasteiger partial charge in [-0.15, -0.1) is 0 Å². The first-order valence-electron chi connectivity index (χ1n) is 8.78. The zero-order valence-corrected chi connectivity index (χ0v) is 14.6. The van der Waals surface area contributed by atoms with Crippen LogP contribution >= 0.6 is 0 Å². The lowest BCUT2D eigenvalue weighted by molar-refractivity contribution is -0.132. The van der Waals surface area contributed by atoms with Crippen molar-refractivity contribution in [3.05, 3.63) is 65.8 Å². The van der Waals surface area contributed by atoms with Crippen LogP contribution in [0.15, 0.2) is 53.3 Å². The number of hydrogen-bond donors (Lipinski definition) is 0. The molecular formula is C20H20N4O2. The van der Waals surface area contributed by atoms with Crippen LogP contribution in [0.5, 0.6) is 0 Å². The number of amides is 1. The Balaban J connectivity index is 1.48. The first-order chi connectivity index (χ1) is 12.7. The predicted molar refractivity (Wildman–Crippen MR) is 96.1 cm³/mol. The highest BCUT2D eigenvalue weighted by Gasteiger charge is 2.29. The fraction of sp³-hybridized carbons (Fsp3) is 0.300. The molecule has 3 aromatic rings. The Morgan fingerprint density at radius 2 is 2.15 bits per heavy atom. The van der Waals surface area contributed by atoms with Crippen molar-refractivity contribution in [2.75, 3.05) is 7.05 Å². The van der Waals surface area contributed by atoms with Gasteiger partial charge in [0.2, 0.25) is 17.6 Å². The molecule has 0 spiro atoms. The molecule has 0 bridgehead atoms. The van der Waals surface area contributed by atoms with Gasteiger partial charge >= 0.3 is 0 Å². The van der Waals surface area contributed by atoms with Crippen LogP contribution in [0, 0.1) is 0 Å². The smallest absolute Gasteiger partial charge is 0.246 e. The van der Waals surface area contributed by atoms with Crippen molar-refractivity contribution in [2.45, 2.75) is 31.7 Å². The normalized spacial score (nSPS) is 16.1. The van der Waals surface area contributed by atoms with Crippen LogP contribution in [-0.2, 0) is 17.8 Å². The molecule has 2 heterocycles. The lowest BCUT2D eigenvalue weighted by Gasteiger charge is -2.28. The van der Waals surface area contributed by atoms with Crippen LogP contribution in [-0.4, -0.2) is 33.0 Å². The molecule has 1 amide bonds. The molecule has 4 rings (SSSR count). The van der Waals surface area contributed by atoms with Gasteiger partial charge < -0.3 is 9.42 Å². The highest BCUT2D eigenvalue weighted by molar-refractivity contribution is 5.84. The van der Waals surface area contributed by atoms with Crippen molar-refractivity contribution < 1.29 is 9.32 Å². The van der Waals surface area contributed by atoms with E-state index in [2.05, 4.69) is 27.3 Å². The molecule has 0 saturated carbocycles. The molecule has 6 nitrogen and oxygen atoms in total. The molecule has 0 saturated heterocycles. The number of carbonyl (C=O) groups is 1. The number of pyridine rings is 1. The molecule has 1 aliphatic carbocycles. The summed E-state index contributed by atoms with van der Waals surface area (Å²) in [6.45, 7) is 0.296. The van der Waals surface area contributed by atoms with Crippen molar-refractivity contribution in [3.63, 3.8) is 0 Å². The van der Waals surface area contributed by atoms with E-state index in [0.717, 1.165) is 30.4 Å². The number of fused-ring (bicyclic) bond motifs is 1. The molecule has 0 N–H and O–H groups in total. The summed E-state index contributed by atoms with van der Waals surface area (Å²) in [5.74, 6) is 0.907. The maximum atomic E-state index is 13.0. The SMILES string of the molecule is CN(Cc1nc(-c2cccnc2)no1)C(=O)C1CCCc2ccccc21. The number of aryl methyl sites for hydroxylation is 1. The maximum absolute atomic E-state index is 13.0. The van der Waals surface area contributed by atoms with E-state index in [4.69, 9.17) is 4.52 Å². The van der Waals surface area contributed by atoms with E-state index in [1.807, 2.05) is 24.3 Å². The zero-order valence-electron chi connectivity index (χ0n) is 14.6. The molecular weight excluding hydrogens is 328 g/mol. The second-order valence-corrected chi connectivity index (χ2v) is 6.59. The van der Waals surface area contributed by atoms with Crippen LogP contribution < -0.4 is 0 Å². The molecule has 1 aromatic carbocycles. The van der Waals surface area contributed by atoms with Crippen molar-refractivity contribution in [2.24, 2.45) is 0 Å². The average molecular weight is 348 g/mol. The molecule has 2 aromatic heterocycles. The largest absolute Gasteiger partial charge is 0.337 e. The summed E-state index contributed by atoms with van der Waals surface area (Å²) >= 11 is 0. The Morgan fingerprint density at radius 3 is 3.00 bits per heavy atom. The van der Waals surface area contributed by atoms with Gasteiger partial charge in [-0.3, -0.25) is 9.78 Å². The average Bonchev–Trinajstić information content (AvgIpc) is 3.16. The molecule has 0 aliphatic heterocycles. The highest BCUT2D eigenvalue weighted by Crippen LogP contribution is 2.32. The minimum absolute atomic E-state index is 0.0920. The van der Waals surface area contributed by atoms with Crippen molar-refractivity contribution in [3.8, 4) is 11.4 Å². The van der Waals surface area contributed by atoms with Crippen LogP contribution in [0.25, 0.3) is 11.4 Å². The van der Waals surface area contributed by atoms with E-state index in [0.29, 0.717) is 18.3 Å². The standard InChI is InChI=1S/C20H20N4O2/c1-24(13-18-22-19(23-26-18)15-8-5-11-21-12-15)20(25)17-10-4-7-14-6-2-3-9-16(14)17/h2-3,5-6,8-9,11-12,17H,4,7,10,13H2,1H3. The van der Waals surface area contributed by atoms with Gasteiger partial charge in [0.1, 0.15) is 0 Å². The number of benzene rings is 1. The summed E-state index contributed by atoms with van der Waals surface area (Å²) in [5, 5.41) is 3.98. The van der Waals surface area contributed by atoms with Crippen molar-refractivity contribution in [1.29, 1.82) is 0 Å². The lowest BCUT2D eigenvalue weighted by Crippen LogP contribution is -2.33. The Bertz CT molecular complexity index is 907. The number of hydrogen-bond acceptors (Lipinski definition) is 5. The first-order valence-corrected chi connectivity index (χ1v) is 8.78. The van der Waals surface area contributed by atoms with Gasteiger partial charge in [-0.05, 0) is 42.5 Å². The monoisotopic (exact) mass is 348 g/mol. The van der Waals surface area contributed by atoms with E-state index in [1.165, 1.54) is 5.56 Å². The second kappa shape index (κ2) is 7.07. The maximum Gasteiger partial charge on any atom is 0.246 e. The number of likely N-dealkylation sites (N-methyl/N-ethyl adjacent to an activating group) is 1. The number of rotatable bonds is 4. The van der Waals surface area contributed by atoms with Crippen LogP contribution in [0.1, 0.15) is 35.8 Å². The van der Waals surface area contributed by atoms with Gasteiger partial charge in [0.05, 0.1) is 12.5 Å². The van der Waals surface area contributed by atoms with Crippen molar-refractivity contribution >= 4 is 5.91 Å². The van der Waals surface area contributed by atoms with Gasteiger partial charge in [0.15, 0.2) is 0 Å². The summed E-state index contributed by atoms with van der Waals surface area (Å²) < 4.78 is 5.31. The quantitative estimate of drug-likeness (QED) is 0.724. The molecule has 0 fully saturated rings. The molecule has 0 radical (unpaired) electrons. The van der Waals surface area contributed by atoms with Gasteiger partial charge in [-0.25, -0.2) is 0 Å². The van der Waals surface area contributed by atoms with E-state index in [1.54, 1.807) is 24.3 Å². The third kappa shape index (κ3) is 3.22. The second-order valence-electron chi connectivity index (χ2n) is 6.59. The Hall–Kier alpha value is -3.02. The van der Waals surface area contributed by atoms with Crippen LogP contribution in [0.3, 0.4) is 0 Å².